The number of halogens is 1. The number of aliphatic imine (C=N–C) groups is 1. The Morgan fingerprint density at radius 3 is 2.87 bits per heavy atom. The molecule has 0 saturated carbocycles. The Morgan fingerprint density at radius 1 is 1.47 bits per heavy atom. The fourth-order valence-electron chi connectivity index (χ4n) is 1.11. The molecule has 4 heteroatoms. The molecule has 15 heavy (non-hydrogen) atoms. The van der Waals surface area contributed by atoms with Crippen LogP contribution in [0.2, 0.25) is 0 Å². The van der Waals surface area contributed by atoms with Crippen LogP contribution in [0, 0.1) is 5.82 Å². The van der Waals surface area contributed by atoms with Crippen molar-refractivity contribution in [3.8, 4) is 0 Å². The molecule has 0 aliphatic heterocycles. The van der Waals surface area contributed by atoms with Crippen molar-refractivity contribution < 1.29 is 4.39 Å². The minimum absolute atomic E-state index is 0.246. The van der Waals surface area contributed by atoms with Crippen LogP contribution in [0.1, 0.15) is 18.9 Å². The Morgan fingerprint density at radius 2 is 2.20 bits per heavy atom. The fraction of sp³-hybridized carbons (Fsp3) is 0.364. The summed E-state index contributed by atoms with van der Waals surface area (Å²) in [4.78, 5) is 4.04. The lowest BCUT2D eigenvalue weighted by Gasteiger charge is -2.03. The van der Waals surface area contributed by atoms with Crippen LogP contribution >= 0.6 is 0 Å². The van der Waals surface area contributed by atoms with Crippen LogP contribution in [0.25, 0.3) is 0 Å². The average Bonchev–Trinajstić information content (AvgIpc) is 2.25. The zero-order valence-corrected chi connectivity index (χ0v) is 8.83. The second kappa shape index (κ2) is 6.01. The number of hydrogen-bond acceptors (Lipinski definition) is 1. The van der Waals surface area contributed by atoms with E-state index in [1.165, 1.54) is 6.07 Å². The van der Waals surface area contributed by atoms with E-state index in [4.69, 9.17) is 5.73 Å². The van der Waals surface area contributed by atoms with Gasteiger partial charge >= 0.3 is 0 Å². The van der Waals surface area contributed by atoms with Gasteiger partial charge in [-0.15, -0.1) is 0 Å². The van der Waals surface area contributed by atoms with E-state index in [-0.39, 0.29) is 12.4 Å². The number of nitrogens with zero attached hydrogens (tertiary/aromatic N) is 1. The van der Waals surface area contributed by atoms with E-state index in [0.29, 0.717) is 11.5 Å². The van der Waals surface area contributed by atoms with Crippen LogP contribution in [-0.4, -0.2) is 12.5 Å². The Kier molecular flexibility index (Phi) is 4.60. The maximum absolute atomic E-state index is 13.2. The highest BCUT2D eigenvalue weighted by molar-refractivity contribution is 5.77. The third kappa shape index (κ3) is 3.97. The number of guanidine groups is 1. The van der Waals surface area contributed by atoms with Gasteiger partial charge in [0.05, 0.1) is 6.54 Å². The maximum atomic E-state index is 13.2. The molecule has 1 aromatic carbocycles. The van der Waals surface area contributed by atoms with Crippen molar-refractivity contribution in [2.24, 2.45) is 10.7 Å². The maximum Gasteiger partial charge on any atom is 0.188 e. The van der Waals surface area contributed by atoms with Gasteiger partial charge in [-0.2, -0.15) is 0 Å². The van der Waals surface area contributed by atoms with E-state index in [1.54, 1.807) is 18.2 Å². The lowest BCUT2D eigenvalue weighted by molar-refractivity contribution is 0.610. The SMILES string of the molecule is CCCNC(N)=NCc1ccccc1F. The van der Waals surface area contributed by atoms with Gasteiger partial charge in [-0.05, 0) is 12.5 Å². The van der Waals surface area contributed by atoms with Crippen molar-refractivity contribution in [2.75, 3.05) is 6.54 Å². The highest BCUT2D eigenvalue weighted by Gasteiger charge is 1.98. The molecule has 1 rings (SSSR count). The highest BCUT2D eigenvalue weighted by atomic mass is 19.1. The molecular weight excluding hydrogens is 193 g/mol. The van der Waals surface area contributed by atoms with E-state index >= 15 is 0 Å². The standard InChI is InChI=1S/C11H16FN3/c1-2-7-14-11(13)15-8-9-5-3-4-6-10(9)12/h3-6H,2,7-8H2,1H3,(H3,13,14,15). The number of hydrogen-bond donors (Lipinski definition) is 2. The summed E-state index contributed by atoms with van der Waals surface area (Å²) < 4.78 is 13.2. The minimum atomic E-state index is -0.246. The van der Waals surface area contributed by atoms with Gasteiger partial charge in [0.25, 0.3) is 0 Å². The van der Waals surface area contributed by atoms with Crippen LogP contribution in [0.15, 0.2) is 29.3 Å². The summed E-state index contributed by atoms with van der Waals surface area (Å²) in [5.74, 6) is 0.115. The molecule has 0 fully saturated rings. The molecular formula is C11H16FN3. The second-order valence-electron chi connectivity index (χ2n) is 3.22. The summed E-state index contributed by atoms with van der Waals surface area (Å²) in [5, 5.41) is 2.93. The molecule has 0 atom stereocenters. The number of nitrogens with two attached hydrogens (primary N) is 1. The Bertz CT molecular complexity index is 336. The van der Waals surface area contributed by atoms with Crippen molar-refractivity contribution in [1.29, 1.82) is 0 Å². The largest absolute Gasteiger partial charge is 0.370 e. The summed E-state index contributed by atoms with van der Waals surface area (Å²) in [5.41, 5.74) is 6.13. The average molecular weight is 209 g/mol. The molecule has 1 aromatic rings. The summed E-state index contributed by atoms with van der Waals surface area (Å²) in [6, 6.07) is 6.55. The van der Waals surface area contributed by atoms with E-state index in [2.05, 4.69) is 10.3 Å². The molecule has 0 saturated heterocycles. The second-order valence-corrected chi connectivity index (χ2v) is 3.22. The molecule has 0 bridgehead atoms. The molecule has 82 valence electrons. The van der Waals surface area contributed by atoms with Crippen LogP contribution in [0.3, 0.4) is 0 Å². The molecule has 0 unspecified atom stereocenters. The van der Waals surface area contributed by atoms with Crippen molar-refractivity contribution in [3.63, 3.8) is 0 Å². The van der Waals surface area contributed by atoms with E-state index in [9.17, 15) is 4.39 Å². The first-order valence-electron chi connectivity index (χ1n) is 5.01. The first-order chi connectivity index (χ1) is 7.24. The first kappa shape index (κ1) is 11.5. The quantitative estimate of drug-likeness (QED) is 0.585. The molecule has 0 radical (unpaired) electrons. The lowest BCUT2D eigenvalue weighted by Crippen LogP contribution is -2.32. The van der Waals surface area contributed by atoms with Crippen LogP contribution in [0.4, 0.5) is 4.39 Å². The zero-order valence-electron chi connectivity index (χ0n) is 8.83. The van der Waals surface area contributed by atoms with E-state index < -0.39 is 0 Å². The van der Waals surface area contributed by atoms with Gasteiger partial charge in [0.15, 0.2) is 5.96 Å². The highest BCUT2D eigenvalue weighted by Crippen LogP contribution is 2.06. The van der Waals surface area contributed by atoms with Gasteiger partial charge in [0.2, 0.25) is 0 Å². The first-order valence-corrected chi connectivity index (χ1v) is 5.01. The summed E-state index contributed by atoms with van der Waals surface area (Å²) >= 11 is 0. The number of rotatable bonds is 4. The predicted octanol–water partition coefficient (Wildman–Crippen LogP) is 1.64. The van der Waals surface area contributed by atoms with Crippen LogP contribution in [-0.2, 0) is 6.54 Å². The zero-order chi connectivity index (χ0) is 11.1. The molecule has 0 spiro atoms. The van der Waals surface area contributed by atoms with Gasteiger partial charge < -0.3 is 11.1 Å². The van der Waals surface area contributed by atoms with Crippen molar-refractivity contribution in [1.82, 2.24) is 5.32 Å². The Balaban J connectivity index is 2.52. The van der Waals surface area contributed by atoms with Crippen molar-refractivity contribution in [2.45, 2.75) is 19.9 Å². The molecule has 3 N–H and O–H groups in total. The monoisotopic (exact) mass is 209 g/mol. The molecule has 0 heterocycles. The van der Waals surface area contributed by atoms with Gasteiger partial charge in [0.1, 0.15) is 5.82 Å². The molecule has 0 aliphatic carbocycles. The van der Waals surface area contributed by atoms with Crippen LogP contribution < -0.4 is 11.1 Å². The third-order valence-electron chi connectivity index (χ3n) is 1.93. The summed E-state index contributed by atoms with van der Waals surface area (Å²) in [7, 11) is 0. The minimum Gasteiger partial charge on any atom is -0.370 e. The lowest BCUT2D eigenvalue weighted by atomic mass is 10.2. The molecule has 0 aliphatic rings. The number of nitrogens with one attached hydrogen (secondary N) is 1. The fourth-order valence-corrected chi connectivity index (χ4v) is 1.11. The van der Waals surface area contributed by atoms with Crippen molar-refractivity contribution in [3.05, 3.63) is 35.6 Å². The summed E-state index contributed by atoms with van der Waals surface area (Å²) in [6.45, 7) is 3.10. The van der Waals surface area contributed by atoms with Crippen molar-refractivity contribution >= 4 is 5.96 Å². The smallest absolute Gasteiger partial charge is 0.188 e. The molecule has 3 nitrogen and oxygen atoms in total. The topological polar surface area (TPSA) is 50.4 Å². The molecule has 0 aromatic heterocycles. The summed E-state index contributed by atoms with van der Waals surface area (Å²) in [6.07, 6.45) is 0.982. The molecule has 0 amide bonds. The normalized spacial score (nSPS) is 11.5. The van der Waals surface area contributed by atoms with Gasteiger partial charge in [-0.1, -0.05) is 25.1 Å². The van der Waals surface area contributed by atoms with Gasteiger partial charge in [-0.25, -0.2) is 9.38 Å². The van der Waals surface area contributed by atoms with Gasteiger partial charge in [0, 0.05) is 12.1 Å². The number of benzene rings is 1. The van der Waals surface area contributed by atoms with E-state index in [0.717, 1.165) is 13.0 Å². The Hall–Kier alpha value is -1.58. The third-order valence-corrected chi connectivity index (χ3v) is 1.93. The van der Waals surface area contributed by atoms with Gasteiger partial charge in [-0.3, -0.25) is 0 Å². The van der Waals surface area contributed by atoms with Crippen LogP contribution in [0.5, 0.6) is 0 Å². The predicted molar refractivity (Wildman–Crippen MR) is 60.0 cm³/mol. The van der Waals surface area contributed by atoms with E-state index in [1.807, 2.05) is 6.92 Å². The Labute approximate surface area is 89.2 Å².